The summed E-state index contributed by atoms with van der Waals surface area (Å²) in [6, 6.07) is 4.10. The molecular formula is C20H20F3N3O4. The third kappa shape index (κ3) is 4.18. The lowest BCUT2D eigenvalue weighted by Crippen LogP contribution is -2.72. The number of methoxy groups -OCH3 is 1. The van der Waals surface area contributed by atoms with Gasteiger partial charge in [-0.2, -0.15) is 0 Å². The van der Waals surface area contributed by atoms with Gasteiger partial charge in [-0.15, -0.1) is 13.2 Å². The van der Waals surface area contributed by atoms with Crippen LogP contribution in [0.3, 0.4) is 0 Å². The summed E-state index contributed by atoms with van der Waals surface area (Å²) in [5.41, 5.74) is 0.843. The number of hydrogen-bond acceptors (Lipinski definition) is 6. The standard InChI is InChI=1S/C20H20F3N3O4/c1-28-15-6-13(7-16(8-15)30-20(21,22)23)2-3-17-24-9-14(10-25-17)18(27)26-5-4-19(26)11-29-12-19/h6-10H,2-5,11-12H2,1H3. The lowest BCUT2D eigenvalue weighted by atomic mass is 9.82. The highest BCUT2D eigenvalue weighted by Crippen LogP contribution is 2.38. The summed E-state index contributed by atoms with van der Waals surface area (Å²) >= 11 is 0. The molecule has 0 saturated carbocycles. The van der Waals surface area contributed by atoms with E-state index in [0.29, 0.717) is 49.6 Å². The Morgan fingerprint density at radius 2 is 1.87 bits per heavy atom. The maximum Gasteiger partial charge on any atom is 0.573 e. The van der Waals surface area contributed by atoms with Gasteiger partial charge in [0.2, 0.25) is 0 Å². The predicted molar refractivity (Wildman–Crippen MR) is 98.3 cm³/mol. The lowest BCUT2D eigenvalue weighted by molar-refractivity contribution is -0.274. The summed E-state index contributed by atoms with van der Waals surface area (Å²) in [7, 11) is 1.37. The number of carbonyl (C=O) groups is 1. The fourth-order valence-corrected chi connectivity index (χ4v) is 3.59. The van der Waals surface area contributed by atoms with Crippen LogP contribution in [0.5, 0.6) is 11.5 Å². The van der Waals surface area contributed by atoms with Crippen molar-refractivity contribution in [2.24, 2.45) is 0 Å². The van der Waals surface area contributed by atoms with Crippen LogP contribution < -0.4 is 9.47 Å². The van der Waals surface area contributed by atoms with Crippen LogP contribution in [0.2, 0.25) is 0 Å². The molecular weight excluding hydrogens is 403 g/mol. The number of nitrogens with zero attached hydrogens (tertiary/aromatic N) is 3. The fourth-order valence-electron chi connectivity index (χ4n) is 3.59. The topological polar surface area (TPSA) is 73.8 Å². The first kappa shape index (κ1) is 20.4. The molecule has 0 atom stereocenters. The van der Waals surface area contributed by atoms with Crippen LogP contribution >= 0.6 is 0 Å². The lowest BCUT2D eigenvalue weighted by Gasteiger charge is -2.57. The molecule has 2 aliphatic rings. The molecule has 0 N–H and O–H groups in total. The van der Waals surface area contributed by atoms with E-state index < -0.39 is 6.36 Å². The number of likely N-dealkylation sites (tertiary alicyclic amines) is 1. The minimum Gasteiger partial charge on any atom is -0.497 e. The van der Waals surface area contributed by atoms with Crippen molar-refractivity contribution in [2.75, 3.05) is 26.9 Å². The zero-order valence-electron chi connectivity index (χ0n) is 16.2. The number of alkyl halides is 3. The van der Waals surface area contributed by atoms with Crippen molar-refractivity contribution in [3.63, 3.8) is 0 Å². The van der Waals surface area contributed by atoms with Gasteiger partial charge in [-0.1, -0.05) is 0 Å². The number of halogens is 3. The average Bonchev–Trinajstić information content (AvgIpc) is 2.63. The second-order valence-electron chi connectivity index (χ2n) is 7.38. The second-order valence-corrected chi connectivity index (χ2v) is 7.38. The first-order chi connectivity index (χ1) is 14.3. The minimum atomic E-state index is -4.78. The molecule has 160 valence electrons. The summed E-state index contributed by atoms with van der Waals surface area (Å²) in [6.07, 6.45) is -0.103. The van der Waals surface area contributed by atoms with Crippen molar-refractivity contribution in [3.05, 3.63) is 47.5 Å². The van der Waals surface area contributed by atoms with E-state index in [9.17, 15) is 18.0 Å². The molecule has 0 aliphatic carbocycles. The van der Waals surface area contributed by atoms with E-state index in [1.807, 2.05) is 0 Å². The van der Waals surface area contributed by atoms with Crippen molar-refractivity contribution >= 4 is 5.91 Å². The maximum absolute atomic E-state index is 12.6. The van der Waals surface area contributed by atoms with E-state index in [-0.39, 0.29) is 22.9 Å². The van der Waals surface area contributed by atoms with E-state index in [1.165, 1.54) is 31.6 Å². The zero-order chi connectivity index (χ0) is 21.4. The summed E-state index contributed by atoms with van der Waals surface area (Å²) in [4.78, 5) is 22.9. The largest absolute Gasteiger partial charge is 0.573 e. The number of aromatic nitrogens is 2. The van der Waals surface area contributed by atoms with Crippen molar-refractivity contribution in [3.8, 4) is 11.5 Å². The van der Waals surface area contributed by atoms with Gasteiger partial charge in [0.1, 0.15) is 17.3 Å². The van der Waals surface area contributed by atoms with Gasteiger partial charge >= 0.3 is 6.36 Å². The van der Waals surface area contributed by atoms with Gasteiger partial charge in [0.05, 0.1) is 31.4 Å². The zero-order valence-corrected chi connectivity index (χ0v) is 16.2. The Morgan fingerprint density at radius 1 is 1.17 bits per heavy atom. The number of ether oxygens (including phenoxy) is 3. The van der Waals surface area contributed by atoms with E-state index in [1.54, 1.807) is 11.0 Å². The molecule has 10 heteroatoms. The molecule has 2 aliphatic heterocycles. The highest BCUT2D eigenvalue weighted by Gasteiger charge is 2.53. The Bertz CT molecular complexity index is 924. The van der Waals surface area contributed by atoms with Gasteiger partial charge in [0, 0.05) is 31.4 Å². The monoisotopic (exact) mass is 423 g/mol. The molecule has 2 fully saturated rings. The van der Waals surface area contributed by atoms with E-state index in [2.05, 4.69) is 14.7 Å². The van der Waals surface area contributed by atoms with Crippen molar-refractivity contribution in [1.82, 2.24) is 14.9 Å². The van der Waals surface area contributed by atoms with Crippen molar-refractivity contribution in [2.45, 2.75) is 31.2 Å². The maximum atomic E-state index is 12.6. The summed E-state index contributed by atoms with van der Waals surface area (Å²) < 4.78 is 51.8. The molecule has 4 rings (SSSR count). The fraction of sp³-hybridized carbons (Fsp3) is 0.450. The summed E-state index contributed by atoms with van der Waals surface area (Å²) in [5.74, 6) is 0.287. The van der Waals surface area contributed by atoms with E-state index in [4.69, 9.17) is 9.47 Å². The molecule has 1 aromatic carbocycles. The molecule has 1 spiro atoms. The second kappa shape index (κ2) is 7.75. The highest BCUT2D eigenvalue weighted by molar-refractivity contribution is 5.94. The molecule has 3 heterocycles. The predicted octanol–water partition coefficient (Wildman–Crippen LogP) is 2.78. The van der Waals surface area contributed by atoms with Gasteiger partial charge in [-0.25, -0.2) is 9.97 Å². The smallest absolute Gasteiger partial charge is 0.497 e. The number of hydrogen-bond donors (Lipinski definition) is 0. The Hall–Kier alpha value is -2.88. The van der Waals surface area contributed by atoms with Crippen LogP contribution in [0.1, 0.15) is 28.2 Å². The van der Waals surface area contributed by atoms with E-state index >= 15 is 0 Å². The molecule has 0 bridgehead atoms. The van der Waals surface area contributed by atoms with Crippen LogP contribution in [0, 0.1) is 0 Å². The molecule has 1 aromatic heterocycles. The number of aryl methyl sites for hydroxylation is 2. The first-order valence-electron chi connectivity index (χ1n) is 9.42. The van der Waals surface area contributed by atoms with Gasteiger partial charge in [0.25, 0.3) is 5.91 Å². The third-order valence-corrected chi connectivity index (χ3v) is 5.36. The molecule has 0 radical (unpaired) electrons. The van der Waals surface area contributed by atoms with Crippen molar-refractivity contribution < 1.29 is 32.2 Å². The van der Waals surface area contributed by atoms with Crippen LogP contribution in [0.15, 0.2) is 30.6 Å². The van der Waals surface area contributed by atoms with Gasteiger partial charge in [-0.05, 0) is 30.5 Å². The van der Waals surface area contributed by atoms with E-state index in [0.717, 1.165) is 6.42 Å². The SMILES string of the molecule is COc1cc(CCc2ncc(C(=O)N3CCC34COC4)cn2)cc(OC(F)(F)F)c1. The van der Waals surface area contributed by atoms with Gasteiger partial charge < -0.3 is 19.1 Å². The van der Waals surface area contributed by atoms with Gasteiger partial charge in [0.15, 0.2) is 0 Å². The van der Waals surface area contributed by atoms with Crippen LogP contribution in [-0.2, 0) is 17.6 Å². The molecule has 1 amide bonds. The Labute approximate surface area is 170 Å². The number of rotatable bonds is 6. The minimum absolute atomic E-state index is 0.113. The van der Waals surface area contributed by atoms with Crippen LogP contribution in [0.4, 0.5) is 13.2 Å². The molecule has 30 heavy (non-hydrogen) atoms. The molecule has 0 unspecified atom stereocenters. The van der Waals surface area contributed by atoms with Crippen LogP contribution in [-0.4, -0.2) is 59.5 Å². The quantitative estimate of drug-likeness (QED) is 0.712. The molecule has 2 saturated heterocycles. The average molecular weight is 423 g/mol. The van der Waals surface area contributed by atoms with Crippen LogP contribution in [0.25, 0.3) is 0 Å². The Kier molecular flexibility index (Phi) is 5.27. The summed E-state index contributed by atoms with van der Waals surface area (Å²) in [5, 5.41) is 0. The van der Waals surface area contributed by atoms with Gasteiger partial charge in [-0.3, -0.25) is 4.79 Å². The number of carbonyl (C=O) groups excluding carboxylic acids is 1. The normalized spacial score (nSPS) is 17.3. The Morgan fingerprint density at radius 3 is 2.40 bits per heavy atom. The highest BCUT2D eigenvalue weighted by atomic mass is 19.4. The third-order valence-electron chi connectivity index (χ3n) is 5.36. The number of amides is 1. The molecule has 2 aromatic rings. The summed E-state index contributed by atoms with van der Waals surface area (Å²) in [6.45, 7) is 1.83. The van der Waals surface area contributed by atoms with Crippen molar-refractivity contribution in [1.29, 1.82) is 0 Å². The molecule has 7 nitrogen and oxygen atoms in total. The first-order valence-corrected chi connectivity index (χ1v) is 9.42. The Balaban J connectivity index is 1.39. The number of benzene rings is 1.